The summed E-state index contributed by atoms with van der Waals surface area (Å²) in [5.74, 6) is 2.26. The molecule has 0 bridgehead atoms. The van der Waals surface area contributed by atoms with E-state index in [0.29, 0.717) is 22.6 Å². The first-order chi connectivity index (χ1) is 31.9. The molecule has 0 radical (unpaired) electrons. The molecule has 8 rings (SSSR count). The first-order valence-electron chi connectivity index (χ1n) is 23.7. The summed E-state index contributed by atoms with van der Waals surface area (Å²) in [5.41, 5.74) is 10.1. The van der Waals surface area contributed by atoms with E-state index in [-0.39, 0.29) is 84.3 Å². The van der Waals surface area contributed by atoms with Gasteiger partial charge in [0.15, 0.2) is 6.29 Å². The van der Waals surface area contributed by atoms with Gasteiger partial charge < -0.3 is 9.47 Å². The van der Waals surface area contributed by atoms with Crippen LogP contribution < -0.4 is 0 Å². The fourth-order valence-corrected chi connectivity index (χ4v) is 5.93. The van der Waals surface area contributed by atoms with Gasteiger partial charge in [-0.25, -0.2) is 27.5 Å². The quantitative estimate of drug-likeness (QED) is 0.142. The van der Waals surface area contributed by atoms with Crippen LogP contribution in [-0.4, -0.2) is 34.5 Å². The third-order valence-electron chi connectivity index (χ3n) is 10.8. The van der Waals surface area contributed by atoms with Crippen molar-refractivity contribution in [3.05, 3.63) is 194 Å². The van der Waals surface area contributed by atoms with Gasteiger partial charge in [-0.15, -0.1) is 0 Å². The van der Waals surface area contributed by atoms with Crippen LogP contribution in [0.2, 0.25) is 0 Å². The number of nitrogens with zero attached hydrogens (tertiary/aromatic N) is 3. The van der Waals surface area contributed by atoms with E-state index in [2.05, 4.69) is 79.9 Å². The lowest BCUT2D eigenvalue weighted by Crippen LogP contribution is -2.27. The van der Waals surface area contributed by atoms with Gasteiger partial charge in [-0.05, 0) is 171 Å². The molecule has 3 heterocycles. The molecular weight excluding hydrogens is 955 g/mol. The molecule has 2 fully saturated rings. The highest BCUT2D eigenvalue weighted by atomic mass is 19.1. The van der Waals surface area contributed by atoms with E-state index < -0.39 is 11.6 Å². The molecule has 5 nitrogen and oxygen atoms in total. The lowest BCUT2D eigenvalue weighted by molar-refractivity contribution is -0.187. The second-order valence-electron chi connectivity index (χ2n) is 18.5. The van der Waals surface area contributed by atoms with Crippen LogP contribution in [0.25, 0.3) is 0 Å². The summed E-state index contributed by atoms with van der Waals surface area (Å²) in [5, 5.41) is 0. The number of aromatic nitrogens is 3. The van der Waals surface area contributed by atoms with Crippen LogP contribution in [0.1, 0.15) is 181 Å². The topological polar surface area (TPSA) is 57.1 Å². The molecule has 2 aromatic heterocycles. The molecule has 2 aliphatic rings. The average molecular weight is 1070 g/mol. The molecule has 9 heteroatoms. The van der Waals surface area contributed by atoms with E-state index in [4.69, 9.17) is 9.47 Å². The summed E-state index contributed by atoms with van der Waals surface area (Å²) in [6.45, 7) is 32.9. The number of ether oxygens (including phenoxy) is 2. The Balaban J connectivity index is -0.0000000965. The highest BCUT2D eigenvalue weighted by Gasteiger charge is 2.14. The molecule has 4 aromatic carbocycles. The Morgan fingerprint density at radius 3 is 0.961 bits per heavy atom. The summed E-state index contributed by atoms with van der Waals surface area (Å²) in [7, 11) is 0. The van der Waals surface area contributed by atoms with E-state index in [1.54, 1.807) is 32.9 Å². The van der Waals surface area contributed by atoms with E-state index >= 15 is 0 Å². The minimum absolute atomic E-state index is 0. The minimum Gasteiger partial charge on any atom is -0.353 e. The maximum atomic E-state index is 12.6. The number of aryl methyl sites for hydroxylation is 11. The minimum atomic E-state index is -0.475. The zero-order valence-corrected chi connectivity index (χ0v) is 44.0. The van der Waals surface area contributed by atoms with Gasteiger partial charge in [-0.1, -0.05) is 172 Å². The standard InChI is InChI=1S/C8H8F2.2C8H9F.C8H16.C8H10.C7H9N.C6H8N2.C6H12O2.8CH4.H2/c1-5-3-7(9)6(2)8(10)4-5;2*1-6-3-4-7(2)8(9)5-6;2*1-7-3-5-8(2)6-4-7;1-6-3-4-7(2)8-5-6;2*1-5-3-7-6(2)8-4-5;;;;;;;;;/h3-4H,1-2H3;2*3-5H,1-2H3;7-8H,3-6H2,1-2H3;3-6H,1-2H3;3-5H,1-2H3;3-4H,1-2H3;5-6H,3-4H2,1-2H3;8*1H4;1H. The van der Waals surface area contributed by atoms with Crippen molar-refractivity contribution in [1.82, 2.24) is 15.0 Å². The largest absolute Gasteiger partial charge is 0.353 e. The third kappa shape index (κ3) is 41.9. The Bertz CT molecular complexity index is 2000. The summed E-state index contributed by atoms with van der Waals surface area (Å²) >= 11 is 0. The van der Waals surface area contributed by atoms with Crippen molar-refractivity contribution < 1.29 is 28.5 Å². The van der Waals surface area contributed by atoms with Crippen LogP contribution in [0, 0.1) is 124 Å². The fourth-order valence-electron chi connectivity index (χ4n) is 5.93. The van der Waals surface area contributed by atoms with Gasteiger partial charge in [0.25, 0.3) is 0 Å². The van der Waals surface area contributed by atoms with Gasteiger partial charge in [0.2, 0.25) is 0 Å². The van der Waals surface area contributed by atoms with Gasteiger partial charge in [-0.3, -0.25) is 4.98 Å². The predicted octanol–water partition coefficient (Wildman–Crippen LogP) is 21.7. The predicted molar refractivity (Wildman–Crippen MR) is 332 cm³/mol. The maximum absolute atomic E-state index is 12.6. The van der Waals surface area contributed by atoms with E-state index in [0.717, 1.165) is 53.3 Å². The maximum Gasteiger partial charge on any atom is 0.154 e. The number of hydrogen-bond acceptors (Lipinski definition) is 5. The Kier molecular flexibility index (Phi) is 55.4. The lowest BCUT2D eigenvalue weighted by Gasteiger charge is -2.24. The van der Waals surface area contributed by atoms with Crippen molar-refractivity contribution in [3.8, 4) is 0 Å². The van der Waals surface area contributed by atoms with Crippen molar-refractivity contribution in [2.75, 3.05) is 13.2 Å². The second-order valence-corrected chi connectivity index (χ2v) is 18.5. The molecule has 0 atom stereocenters. The molecule has 6 aromatic rings. The van der Waals surface area contributed by atoms with E-state index in [1.165, 1.54) is 73.6 Å². The Labute approximate surface area is 468 Å². The number of hydrogen-bond donors (Lipinski definition) is 0. The van der Waals surface area contributed by atoms with E-state index in [9.17, 15) is 17.6 Å². The lowest BCUT2D eigenvalue weighted by atomic mass is 9.84. The third-order valence-corrected chi connectivity index (χ3v) is 10.8. The summed E-state index contributed by atoms with van der Waals surface area (Å²) in [6.07, 6.45) is 11.4. The van der Waals surface area contributed by atoms with Crippen molar-refractivity contribution in [1.29, 1.82) is 0 Å². The number of rotatable bonds is 0. The smallest absolute Gasteiger partial charge is 0.154 e. The number of benzene rings is 4. The van der Waals surface area contributed by atoms with Gasteiger partial charge in [-0.2, -0.15) is 0 Å². The zero-order chi connectivity index (χ0) is 51.3. The Morgan fingerprint density at radius 2 is 0.684 bits per heavy atom. The van der Waals surface area contributed by atoms with Crippen LogP contribution in [0.4, 0.5) is 17.6 Å². The Morgan fingerprint density at radius 1 is 0.368 bits per heavy atom. The van der Waals surface area contributed by atoms with Crippen molar-refractivity contribution >= 4 is 0 Å². The van der Waals surface area contributed by atoms with Crippen LogP contribution in [0.3, 0.4) is 0 Å². The van der Waals surface area contributed by atoms with Crippen LogP contribution >= 0.6 is 0 Å². The fraction of sp³-hybridized carbons (Fsp3) is 0.507. The first kappa shape index (κ1) is 87.4. The van der Waals surface area contributed by atoms with Crippen LogP contribution in [0.5, 0.6) is 0 Å². The normalized spacial score (nSPS) is 14.9. The molecule has 0 spiro atoms. The second kappa shape index (κ2) is 48.1. The van der Waals surface area contributed by atoms with Gasteiger partial charge in [0.1, 0.15) is 29.1 Å². The first-order valence-corrected chi connectivity index (χ1v) is 23.7. The molecule has 76 heavy (non-hydrogen) atoms. The number of halogens is 4. The molecule has 1 saturated heterocycles. The SMILES string of the molecule is C.C.C.C.C.C.C.C.CC1CCC(C)CC1.CC1COC(C)OC1.Cc1cc(F)c(C)c(F)c1.Cc1ccc(C)c(F)c1.Cc1ccc(C)c(F)c1.Cc1ccc(C)cc1.Cc1ccc(C)nc1.Cc1cnc(C)nc1.[HH]. The van der Waals surface area contributed by atoms with Crippen molar-refractivity contribution in [2.24, 2.45) is 17.8 Å². The highest BCUT2D eigenvalue weighted by molar-refractivity contribution is 5.24. The Hall–Kier alpha value is -5.25. The van der Waals surface area contributed by atoms with Crippen LogP contribution in [0.15, 0.2) is 104 Å². The van der Waals surface area contributed by atoms with Gasteiger partial charge >= 0.3 is 0 Å². The molecule has 0 amide bonds. The summed E-state index contributed by atoms with van der Waals surface area (Å²) < 4.78 is 60.7. The molecule has 1 saturated carbocycles. The monoisotopic (exact) mass is 1070 g/mol. The molecule has 1 aliphatic carbocycles. The molecule has 0 N–H and O–H groups in total. The molecule has 1 aliphatic heterocycles. The van der Waals surface area contributed by atoms with Gasteiger partial charge in [0, 0.05) is 37.2 Å². The average Bonchev–Trinajstić information content (AvgIpc) is 3.29. The van der Waals surface area contributed by atoms with Crippen molar-refractivity contribution in [2.45, 2.75) is 202 Å². The van der Waals surface area contributed by atoms with Crippen molar-refractivity contribution in [3.63, 3.8) is 0 Å². The zero-order valence-electron chi connectivity index (χ0n) is 44.0. The number of pyridine rings is 1. The highest BCUT2D eigenvalue weighted by Crippen LogP contribution is 2.27. The summed E-state index contributed by atoms with van der Waals surface area (Å²) in [4.78, 5) is 12.0. The molecular formula is C67H115F4N3O2. The summed E-state index contributed by atoms with van der Waals surface area (Å²) in [6, 6.07) is 25.6. The van der Waals surface area contributed by atoms with Gasteiger partial charge in [0.05, 0.1) is 13.2 Å². The van der Waals surface area contributed by atoms with E-state index in [1.807, 2.05) is 85.3 Å². The molecule has 438 valence electrons. The molecule has 0 unspecified atom stereocenters. The van der Waals surface area contributed by atoms with Crippen LogP contribution in [-0.2, 0) is 9.47 Å².